The number of nitrogens with one attached hydrogen (secondary N) is 2. The van der Waals surface area contributed by atoms with Crippen LogP contribution in [0.2, 0.25) is 0 Å². The van der Waals surface area contributed by atoms with E-state index in [4.69, 9.17) is 9.72 Å². The van der Waals surface area contributed by atoms with Crippen LogP contribution >= 0.6 is 0 Å². The molecule has 0 radical (unpaired) electrons. The summed E-state index contributed by atoms with van der Waals surface area (Å²) in [6, 6.07) is 6.48. The topological polar surface area (TPSA) is 118 Å². The number of likely N-dealkylation sites (tertiary alicyclic amines) is 1. The van der Waals surface area contributed by atoms with Gasteiger partial charge in [0.1, 0.15) is 11.2 Å². The van der Waals surface area contributed by atoms with E-state index in [9.17, 15) is 14.7 Å². The predicted octanol–water partition coefficient (Wildman–Crippen LogP) is 3.99. The van der Waals surface area contributed by atoms with Crippen LogP contribution in [0.1, 0.15) is 22.3 Å². The number of anilines is 2. The molecule has 5 aromatic rings. The SMILES string of the molecule is CNc1cc(F)c(F)c2c1[nH]c1ncc(-c3ccc4c(CN5CCOCC5)cc(C(=O)O)c(=O)n4c3)c(N3CCC4CN(C)CC43)c12. The summed E-state index contributed by atoms with van der Waals surface area (Å²) in [6.07, 6.45) is 4.30. The van der Waals surface area contributed by atoms with E-state index in [2.05, 4.69) is 32.0 Å². The average molecular weight is 644 g/mol. The van der Waals surface area contributed by atoms with Crippen LogP contribution in [0.5, 0.6) is 0 Å². The Morgan fingerprint density at radius 1 is 1.15 bits per heavy atom. The molecule has 7 heterocycles. The second-order valence-corrected chi connectivity index (χ2v) is 12.9. The minimum absolute atomic E-state index is 0.113. The quantitative estimate of drug-likeness (QED) is 0.253. The van der Waals surface area contributed by atoms with Gasteiger partial charge in [0, 0.05) is 81.9 Å². The third-order valence-corrected chi connectivity index (χ3v) is 10.1. The molecule has 4 aromatic heterocycles. The molecule has 8 rings (SSSR count). The number of likely N-dealkylation sites (N-methyl/N-ethyl adjacent to an activating group) is 1. The molecule has 3 aliphatic heterocycles. The molecule has 3 N–H and O–H groups in total. The monoisotopic (exact) mass is 643 g/mol. The largest absolute Gasteiger partial charge is 0.477 e. The smallest absolute Gasteiger partial charge is 0.341 e. The van der Waals surface area contributed by atoms with Crippen molar-refractivity contribution in [2.24, 2.45) is 5.92 Å². The van der Waals surface area contributed by atoms with Crippen LogP contribution in [0.15, 0.2) is 41.5 Å². The lowest BCUT2D eigenvalue weighted by molar-refractivity contribution is 0.0343. The van der Waals surface area contributed by atoms with Crippen molar-refractivity contribution in [3.8, 4) is 11.1 Å². The number of hydrogen-bond donors (Lipinski definition) is 3. The van der Waals surface area contributed by atoms with Crippen molar-refractivity contribution in [3.63, 3.8) is 0 Å². The van der Waals surface area contributed by atoms with Crippen LogP contribution in [0.4, 0.5) is 20.2 Å². The number of benzene rings is 1. The number of hydrogen-bond acceptors (Lipinski definition) is 8. The number of carbonyl (C=O) groups is 1. The summed E-state index contributed by atoms with van der Waals surface area (Å²) >= 11 is 0. The van der Waals surface area contributed by atoms with Gasteiger partial charge in [-0.1, -0.05) is 6.07 Å². The van der Waals surface area contributed by atoms with Gasteiger partial charge in [-0.2, -0.15) is 0 Å². The maximum atomic E-state index is 15.8. The summed E-state index contributed by atoms with van der Waals surface area (Å²) in [5, 5.41) is 13.5. The van der Waals surface area contributed by atoms with Crippen LogP contribution in [-0.2, 0) is 11.3 Å². The number of pyridine rings is 3. The zero-order chi connectivity index (χ0) is 32.6. The predicted molar refractivity (Wildman–Crippen MR) is 176 cm³/mol. The Morgan fingerprint density at radius 2 is 1.96 bits per heavy atom. The Hall–Kier alpha value is -4.59. The van der Waals surface area contributed by atoms with Gasteiger partial charge in [-0.15, -0.1) is 0 Å². The molecular formula is C34H35F2N7O4. The third kappa shape index (κ3) is 4.75. The highest BCUT2D eigenvalue weighted by atomic mass is 19.2. The molecule has 2 unspecified atom stereocenters. The number of H-pyrrole nitrogens is 1. The van der Waals surface area contributed by atoms with Crippen molar-refractivity contribution >= 4 is 44.8 Å². The molecular weight excluding hydrogens is 608 g/mol. The lowest BCUT2D eigenvalue weighted by Gasteiger charge is -2.29. The number of aromatic carboxylic acids is 1. The van der Waals surface area contributed by atoms with Crippen molar-refractivity contribution in [2.45, 2.75) is 19.0 Å². The first-order chi connectivity index (χ1) is 22.7. The first-order valence-electron chi connectivity index (χ1n) is 15.9. The molecule has 0 amide bonds. The number of aromatic amines is 1. The molecule has 3 fully saturated rings. The van der Waals surface area contributed by atoms with Gasteiger partial charge >= 0.3 is 5.97 Å². The minimum Gasteiger partial charge on any atom is -0.477 e. The van der Waals surface area contributed by atoms with Gasteiger partial charge in [0.15, 0.2) is 11.6 Å². The van der Waals surface area contributed by atoms with Crippen molar-refractivity contribution in [3.05, 3.63) is 69.8 Å². The fourth-order valence-corrected chi connectivity index (χ4v) is 7.91. The lowest BCUT2D eigenvalue weighted by atomic mass is 9.99. The first-order valence-corrected chi connectivity index (χ1v) is 15.9. The Labute approximate surface area is 268 Å². The van der Waals surface area contributed by atoms with Gasteiger partial charge < -0.3 is 29.9 Å². The maximum Gasteiger partial charge on any atom is 0.341 e. The van der Waals surface area contributed by atoms with Crippen molar-refractivity contribution in [1.29, 1.82) is 0 Å². The van der Waals surface area contributed by atoms with Crippen molar-refractivity contribution in [2.75, 3.05) is 70.2 Å². The summed E-state index contributed by atoms with van der Waals surface area (Å²) in [5.41, 5.74) is 3.58. The number of carboxylic acids is 1. The number of morpholine rings is 1. The van der Waals surface area contributed by atoms with E-state index in [1.54, 1.807) is 19.4 Å². The molecule has 3 saturated heterocycles. The van der Waals surface area contributed by atoms with Crippen LogP contribution < -0.4 is 15.8 Å². The highest BCUT2D eigenvalue weighted by Crippen LogP contribution is 2.46. The van der Waals surface area contributed by atoms with Gasteiger partial charge in [0.05, 0.1) is 46.4 Å². The Morgan fingerprint density at radius 3 is 2.72 bits per heavy atom. The number of ether oxygens (including phenoxy) is 1. The zero-order valence-electron chi connectivity index (χ0n) is 26.1. The molecule has 244 valence electrons. The van der Waals surface area contributed by atoms with Crippen molar-refractivity contribution in [1.82, 2.24) is 24.2 Å². The van der Waals surface area contributed by atoms with E-state index in [0.29, 0.717) is 83.3 Å². The summed E-state index contributed by atoms with van der Waals surface area (Å²) in [7, 11) is 3.74. The van der Waals surface area contributed by atoms with Gasteiger partial charge in [-0.3, -0.25) is 14.1 Å². The van der Waals surface area contributed by atoms with E-state index in [0.717, 1.165) is 37.7 Å². The molecule has 0 spiro atoms. The van der Waals surface area contributed by atoms with Crippen molar-refractivity contribution < 1.29 is 23.4 Å². The summed E-state index contributed by atoms with van der Waals surface area (Å²) < 4.78 is 37.8. The normalized spacial score (nSPS) is 20.6. The molecule has 3 aliphatic rings. The average Bonchev–Trinajstić information content (AvgIpc) is 3.76. The molecule has 2 atom stereocenters. The van der Waals surface area contributed by atoms with E-state index >= 15 is 8.78 Å². The van der Waals surface area contributed by atoms with Crippen LogP contribution in [-0.4, -0.2) is 101 Å². The fourth-order valence-electron chi connectivity index (χ4n) is 7.91. The maximum absolute atomic E-state index is 15.8. The van der Waals surface area contributed by atoms with Gasteiger partial charge in [0.25, 0.3) is 5.56 Å². The van der Waals surface area contributed by atoms with Crippen LogP contribution in [0, 0.1) is 17.6 Å². The molecule has 0 bridgehead atoms. The molecule has 1 aromatic carbocycles. The Kier molecular flexibility index (Phi) is 7.15. The van der Waals surface area contributed by atoms with E-state index in [-0.39, 0.29) is 17.0 Å². The van der Waals surface area contributed by atoms with E-state index < -0.39 is 23.2 Å². The number of aromatic nitrogens is 3. The summed E-state index contributed by atoms with van der Waals surface area (Å²) in [6.45, 7) is 5.51. The zero-order valence-corrected chi connectivity index (χ0v) is 26.1. The second-order valence-electron chi connectivity index (χ2n) is 12.9. The first kappa shape index (κ1) is 29.8. The number of rotatable bonds is 6. The number of fused-ring (bicyclic) bond motifs is 5. The third-order valence-electron chi connectivity index (χ3n) is 10.1. The van der Waals surface area contributed by atoms with E-state index in [1.165, 1.54) is 10.5 Å². The molecule has 0 saturated carbocycles. The standard InChI is InChI=1S/C34H35F2N7O4/c1-37-24-12-23(35)29(36)27-28-31(42-6-5-19-14-40(2)17-26(19)42)22(13-38-32(28)39-30(24)27)18-3-4-25-20(15-41-7-9-47-10-8-41)11-21(34(45)46)33(44)43(25)16-18/h3-4,11-13,16,19,26,37H,5-10,14-15,17H2,1-2H3,(H,38,39)(H,45,46). The minimum atomic E-state index is -1.30. The summed E-state index contributed by atoms with van der Waals surface area (Å²) in [4.78, 5) is 40.6. The number of carboxylic acid groups (broad SMARTS) is 1. The van der Waals surface area contributed by atoms with Gasteiger partial charge in [-0.25, -0.2) is 18.6 Å². The summed E-state index contributed by atoms with van der Waals surface area (Å²) in [5.74, 6) is -2.81. The van der Waals surface area contributed by atoms with Crippen LogP contribution in [0.25, 0.3) is 38.6 Å². The second kappa shape index (κ2) is 11.3. The lowest BCUT2D eigenvalue weighted by Crippen LogP contribution is -2.36. The Bertz CT molecular complexity index is 2140. The molecule has 0 aliphatic carbocycles. The fraction of sp³-hybridized carbons (Fsp3) is 0.382. The highest BCUT2D eigenvalue weighted by Gasteiger charge is 2.42. The number of nitrogens with zero attached hydrogens (tertiary/aromatic N) is 5. The molecule has 47 heavy (non-hydrogen) atoms. The Balaban J connectivity index is 1.38. The molecule has 11 nitrogen and oxygen atoms in total. The van der Waals surface area contributed by atoms with Gasteiger partial charge in [0.2, 0.25) is 0 Å². The molecule has 13 heteroatoms. The highest BCUT2D eigenvalue weighted by molar-refractivity contribution is 6.18. The van der Waals surface area contributed by atoms with Gasteiger partial charge in [-0.05, 0) is 37.1 Å². The number of halogens is 2. The van der Waals surface area contributed by atoms with Crippen LogP contribution in [0.3, 0.4) is 0 Å². The van der Waals surface area contributed by atoms with E-state index in [1.807, 2.05) is 12.1 Å².